The van der Waals surface area contributed by atoms with Crippen molar-refractivity contribution in [2.75, 3.05) is 5.32 Å². The van der Waals surface area contributed by atoms with Crippen LogP contribution in [0.4, 0.5) is 5.69 Å². The minimum absolute atomic E-state index is 0.00254. The lowest BCUT2D eigenvalue weighted by atomic mass is 10.1. The molecule has 0 fully saturated rings. The summed E-state index contributed by atoms with van der Waals surface area (Å²) in [6.07, 6.45) is -4.20. The number of carboxylic acids is 1. The predicted octanol–water partition coefficient (Wildman–Crippen LogP) is 2.95. The predicted molar refractivity (Wildman–Crippen MR) is 149 cm³/mol. The van der Waals surface area contributed by atoms with Gasteiger partial charge in [0.05, 0.1) is 11.1 Å². The molecule has 0 spiro atoms. The number of carboxylic acid groups (broad SMARTS) is 1. The molecule has 0 heterocycles. The van der Waals surface area contributed by atoms with Crippen LogP contribution in [0, 0.1) is 13.8 Å². The Hall–Kier alpha value is -5.52. The summed E-state index contributed by atoms with van der Waals surface area (Å²) in [5.41, 5.74) is 6.33. The van der Waals surface area contributed by atoms with Crippen LogP contribution in [0.3, 0.4) is 0 Å². The van der Waals surface area contributed by atoms with Crippen LogP contribution in [0.2, 0.25) is 0 Å². The van der Waals surface area contributed by atoms with E-state index in [1.807, 2.05) is 5.43 Å². The van der Waals surface area contributed by atoms with Crippen LogP contribution in [-0.4, -0.2) is 52.9 Å². The summed E-state index contributed by atoms with van der Waals surface area (Å²) in [5.74, 6) is -6.22. The zero-order valence-corrected chi connectivity index (χ0v) is 23.0. The van der Waals surface area contributed by atoms with E-state index in [4.69, 9.17) is 9.47 Å². The van der Waals surface area contributed by atoms with Gasteiger partial charge in [0.2, 0.25) is 18.1 Å². The van der Waals surface area contributed by atoms with Gasteiger partial charge in [0, 0.05) is 17.7 Å². The third-order valence-electron chi connectivity index (χ3n) is 5.87. The number of esters is 2. The minimum atomic E-state index is -2.27. The van der Waals surface area contributed by atoms with Crippen molar-refractivity contribution in [3.05, 3.63) is 101 Å². The van der Waals surface area contributed by atoms with Gasteiger partial charge in [-0.15, -0.1) is 0 Å². The van der Waals surface area contributed by atoms with Crippen LogP contribution in [0.5, 0.6) is 0 Å². The van der Waals surface area contributed by atoms with Gasteiger partial charge in [-0.2, -0.15) is 0 Å². The Kier molecular flexibility index (Phi) is 10.5. The first-order valence-electron chi connectivity index (χ1n) is 12.8. The van der Waals surface area contributed by atoms with Gasteiger partial charge in [-0.05, 0) is 62.4 Å². The number of anilines is 1. The standard InChI is InChI=1S/C30H29N3O9/c1-4-23(34)31-22-15-13-19(14-16-22)26(35)32-33-27(36)24(41-29(39)20-9-5-17(2)6-10-20)25(28(37)38)42-30(40)21-11-7-18(3)8-12-21/h5-16,24-25H,4H2,1-3H3,(H,31,34)(H,32,35)(H,33,36)(H,37,38)/t24-,25-/m1/s1. The SMILES string of the molecule is CCC(=O)Nc1ccc(C(=O)NNC(=O)[C@H](OC(=O)c2ccc(C)cc2)[C@@H](OC(=O)c2ccc(C)cc2)C(=O)O)cc1. The molecule has 3 amide bonds. The Labute approximate surface area is 241 Å². The molecule has 0 aliphatic rings. The largest absolute Gasteiger partial charge is 0.478 e. The maximum absolute atomic E-state index is 13.1. The number of hydrogen-bond acceptors (Lipinski definition) is 8. The molecule has 0 aromatic heterocycles. The van der Waals surface area contributed by atoms with E-state index in [1.165, 1.54) is 48.5 Å². The number of aryl methyl sites for hydroxylation is 2. The molecule has 0 unspecified atom stereocenters. The molecular formula is C30H29N3O9. The molecule has 42 heavy (non-hydrogen) atoms. The summed E-state index contributed by atoms with van der Waals surface area (Å²) in [5, 5.41) is 12.5. The first-order valence-corrected chi connectivity index (χ1v) is 12.8. The van der Waals surface area contributed by atoms with Crippen LogP contribution < -0.4 is 16.2 Å². The Morgan fingerprint density at radius 2 is 1.12 bits per heavy atom. The van der Waals surface area contributed by atoms with Gasteiger partial charge in [0.1, 0.15) is 0 Å². The van der Waals surface area contributed by atoms with Crippen molar-refractivity contribution in [3.8, 4) is 0 Å². The van der Waals surface area contributed by atoms with Gasteiger partial charge < -0.3 is 19.9 Å². The lowest BCUT2D eigenvalue weighted by molar-refractivity contribution is -0.159. The number of nitrogens with one attached hydrogen (secondary N) is 3. The van der Waals surface area contributed by atoms with Crippen LogP contribution >= 0.6 is 0 Å². The summed E-state index contributed by atoms with van der Waals surface area (Å²) in [6, 6.07) is 17.8. The molecule has 218 valence electrons. The van der Waals surface area contributed by atoms with Crippen molar-refractivity contribution in [2.24, 2.45) is 0 Å². The molecule has 3 aromatic carbocycles. The number of hydrogen-bond donors (Lipinski definition) is 4. The Morgan fingerprint density at radius 1 is 0.667 bits per heavy atom. The van der Waals surface area contributed by atoms with Gasteiger partial charge in [-0.3, -0.25) is 25.2 Å². The molecule has 3 rings (SSSR count). The number of amides is 3. The van der Waals surface area contributed by atoms with Crippen molar-refractivity contribution < 1.29 is 43.3 Å². The second kappa shape index (κ2) is 14.2. The Balaban J connectivity index is 1.80. The zero-order chi connectivity index (χ0) is 30.8. The molecule has 0 bridgehead atoms. The minimum Gasteiger partial charge on any atom is -0.478 e. The lowest BCUT2D eigenvalue weighted by Crippen LogP contribution is -2.54. The van der Waals surface area contributed by atoms with E-state index < -0.39 is 41.9 Å². The second-order valence-corrected chi connectivity index (χ2v) is 9.14. The second-order valence-electron chi connectivity index (χ2n) is 9.14. The van der Waals surface area contributed by atoms with Crippen molar-refractivity contribution in [2.45, 2.75) is 39.4 Å². The van der Waals surface area contributed by atoms with E-state index in [-0.39, 0.29) is 29.0 Å². The number of carbonyl (C=O) groups is 6. The lowest BCUT2D eigenvalue weighted by Gasteiger charge is -2.23. The number of rotatable bonds is 10. The highest BCUT2D eigenvalue weighted by Gasteiger charge is 2.41. The first kappa shape index (κ1) is 31.0. The van der Waals surface area contributed by atoms with Gasteiger partial charge in [0.25, 0.3) is 11.8 Å². The van der Waals surface area contributed by atoms with Crippen molar-refractivity contribution in [1.82, 2.24) is 10.9 Å². The molecule has 4 N–H and O–H groups in total. The fourth-order valence-electron chi connectivity index (χ4n) is 3.46. The van der Waals surface area contributed by atoms with Crippen LogP contribution in [-0.2, 0) is 23.9 Å². The average molecular weight is 576 g/mol. The van der Waals surface area contributed by atoms with Gasteiger partial charge in [-0.1, -0.05) is 42.3 Å². The average Bonchev–Trinajstić information content (AvgIpc) is 2.98. The molecule has 3 aromatic rings. The normalized spacial score (nSPS) is 11.8. The summed E-state index contributed by atoms with van der Waals surface area (Å²) in [7, 11) is 0. The molecular weight excluding hydrogens is 546 g/mol. The number of aliphatic carboxylic acids is 1. The third-order valence-corrected chi connectivity index (χ3v) is 5.87. The molecule has 12 heteroatoms. The van der Waals surface area contributed by atoms with Crippen molar-refractivity contribution in [1.29, 1.82) is 0 Å². The molecule has 12 nitrogen and oxygen atoms in total. The summed E-state index contributed by atoms with van der Waals surface area (Å²) >= 11 is 0. The van der Waals surface area contributed by atoms with E-state index in [2.05, 4.69) is 10.7 Å². The first-order chi connectivity index (χ1) is 20.0. The molecule has 0 aliphatic carbocycles. The van der Waals surface area contributed by atoms with E-state index >= 15 is 0 Å². The summed E-state index contributed by atoms with van der Waals surface area (Å²) in [6.45, 7) is 5.25. The van der Waals surface area contributed by atoms with E-state index in [0.717, 1.165) is 11.1 Å². The van der Waals surface area contributed by atoms with E-state index in [0.29, 0.717) is 5.69 Å². The number of ether oxygens (including phenoxy) is 2. The maximum atomic E-state index is 13.1. The number of hydrazine groups is 1. The quantitative estimate of drug-likeness (QED) is 0.209. The Bertz CT molecular complexity index is 1470. The molecule has 0 saturated carbocycles. The van der Waals surface area contributed by atoms with Gasteiger partial charge in [0.15, 0.2) is 0 Å². The molecule has 0 aliphatic heterocycles. The monoisotopic (exact) mass is 575 g/mol. The summed E-state index contributed by atoms with van der Waals surface area (Å²) < 4.78 is 10.3. The maximum Gasteiger partial charge on any atom is 0.349 e. The van der Waals surface area contributed by atoms with E-state index in [1.54, 1.807) is 45.0 Å². The van der Waals surface area contributed by atoms with Crippen molar-refractivity contribution in [3.63, 3.8) is 0 Å². The molecule has 0 saturated heterocycles. The van der Waals surface area contributed by atoms with Crippen LogP contribution in [0.15, 0.2) is 72.8 Å². The molecule has 2 atom stereocenters. The van der Waals surface area contributed by atoms with Gasteiger partial charge >= 0.3 is 17.9 Å². The van der Waals surface area contributed by atoms with E-state index in [9.17, 15) is 33.9 Å². The van der Waals surface area contributed by atoms with Gasteiger partial charge in [-0.25, -0.2) is 14.4 Å². The summed E-state index contributed by atoms with van der Waals surface area (Å²) in [4.78, 5) is 74.9. The molecule has 0 radical (unpaired) electrons. The third kappa shape index (κ3) is 8.49. The fraction of sp³-hybridized carbons (Fsp3) is 0.200. The Morgan fingerprint density at radius 3 is 1.57 bits per heavy atom. The fourth-order valence-corrected chi connectivity index (χ4v) is 3.46. The zero-order valence-electron chi connectivity index (χ0n) is 23.0. The topological polar surface area (TPSA) is 177 Å². The highest BCUT2D eigenvalue weighted by Crippen LogP contribution is 2.15. The van der Waals surface area contributed by atoms with Crippen LogP contribution in [0.25, 0.3) is 0 Å². The van der Waals surface area contributed by atoms with Crippen molar-refractivity contribution >= 4 is 41.3 Å². The smallest absolute Gasteiger partial charge is 0.349 e. The highest BCUT2D eigenvalue weighted by molar-refractivity contribution is 5.99. The van der Waals surface area contributed by atoms with Crippen LogP contribution in [0.1, 0.15) is 55.5 Å². The highest BCUT2D eigenvalue weighted by atomic mass is 16.6. The number of benzene rings is 3. The number of carbonyl (C=O) groups excluding carboxylic acids is 5.